The van der Waals surface area contributed by atoms with Crippen LogP contribution in [0.3, 0.4) is 0 Å². The van der Waals surface area contributed by atoms with Crippen LogP contribution in [0.5, 0.6) is 0 Å². The van der Waals surface area contributed by atoms with E-state index in [1.807, 2.05) is 31.3 Å². The average Bonchev–Trinajstić information content (AvgIpc) is 3.06. The van der Waals surface area contributed by atoms with Gasteiger partial charge < -0.3 is 10.2 Å². The molecular formula is C20H22N8O. The number of pyridine rings is 1. The number of nitrogens with zero attached hydrogens (tertiary/aromatic N) is 7. The van der Waals surface area contributed by atoms with Gasteiger partial charge in [-0.2, -0.15) is 0 Å². The van der Waals surface area contributed by atoms with E-state index in [1.165, 1.54) is 10.7 Å². The summed E-state index contributed by atoms with van der Waals surface area (Å²) in [5.74, 6) is 0.644. The van der Waals surface area contributed by atoms with Crippen LogP contribution in [0.2, 0.25) is 0 Å². The first-order valence-corrected chi connectivity index (χ1v) is 9.72. The van der Waals surface area contributed by atoms with E-state index < -0.39 is 0 Å². The summed E-state index contributed by atoms with van der Waals surface area (Å²) in [5, 5.41) is 12.2. The standard InChI is InChI=1S/C20H22N8O/c1-12-9-26(10-13(2)21-12)15-4-6-18-23-17(8-20(29)27(18)11-15)16-5-7-19-22-14(3)24-28(19)25-16/h4-8,11-13,21H,9-10H2,1-3H3/t12-,13+. The molecule has 5 rings (SSSR count). The van der Waals surface area contributed by atoms with Gasteiger partial charge in [-0.1, -0.05) is 0 Å². The van der Waals surface area contributed by atoms with E-state index in [-0.39, 0.29) is 5.56 Å². The van der Waals surface area contributed by atoms with Crippen molar-refractivity contribution in [3.05, 3.63) is 52.7 Å². The van der Waals surface area contributed by atoms with Crippen LogP contribution in [0.4, 0.5) is 5.69 Å². The van der Waals surface area contributed by atoms with Gasteiger partial charge in [0.25, 0.3) is 5.56 Å². The second-order valence-electron chi connectivity index (χ2n) is 7.69. The predicted molar refractivity (Wildman–Crippen MR) is 110 cm³/mol. The second kappa shape index (κ2) is 6.63. The minimum Gasteiger partial charge on any atom is -0.367 e. The van der Waals surface area contributed by atoms with Gasteiger partial charge >= 0.3 is 0 Å². The lowest BCUT2D eigenvalue weighted by atomic mass is 10.1. The van der Waals surface area contributed by atoms with Crippen molar-refractivity contribution in [3.63, 3.8) is 0 Å². The zero-order valence-electron chi connectivity index (χ0n) is 16.6. The number of rotatable bonds is 2. The molecule has 29 heavy (non-hydrogen) atoms. The lowest BCUT2D eigenvalue weighted by Crippen LogP contribution is -2.54. The number of piperazine rings is 1. The Balaban J connectivity index is 1.55. The Morgan fingerprint density at radius 3 is 2.52 bits per heavy atom. The number of aryl methyl sites for hydroxylation is 1. The van der Waals surface area contributed by atoms with Gasteiger partial charge in [-0.15, -0.1) is 14.8 Å². The van der Waals surface area contributed by atoms with Crippen LogP contribution >= 0.6 is 0 Å². The summed E-state index contributed by atoms with van der Waals surface area (Å²) in [6, 6.07) is 9.84. The smallest absolute Gasteiger partial charge is 0.258 e. The van der Waals surface area contributed by atoms with Crippen molar-refractivity contribution in [1.82, 2.24) is 34.5 Å². The van der Waals surface area contributed by atoms with Gasteiger partial charge in [0.15, 0.2) is 5.65 Å². The van der Waals surface area contributed by atoms with Crippen LogP contribution in [0.1, 0.15) is 19.7 Å². The van der Waals surface area contributed by atoms with Gasteiger partial charge in [-0.3, -0.25) is 9.20 Å². The third-order valence-electron chi connectivity index (χ3n) is 5.14. The summed E-state index contributed by atoms with van der Waals surface area (Å²) >= 11 is 0. The first-order chi connectivity index (χ1) is 14.0. The van der Waals surface area contributed by atoms with E-state index >= 15 is 0 Å². The topological polar surface area (TPSA) is 92.7 Å². The molecule has 2 atom stereocenters. The van der Waals surface area contributed by atoms with Crippen LogP contribution < -0.4 is 15.8 Å². The van der Waals surface area contributed by atoms with Gasteiger partial charge in [0.1, 0.15) is 17.2 Å². The highest BCUT2D eigenvalue weighted by molar-refractivity contribution is 5.60. The van der Waals surface area contributed by atoms with Gasteiger partial charge in [0.2, 0.25) is 0 Å². The first kappa shape index (κ1) is 17.7. The molecule has 4 aromatic rings. The number of hydrogen-bond donors (Lipinski definition) is 1. The Morgan fingerprint density at radius 2 is 1.72 bits per heavy atom. The van der Waals surface area contributed by atoms with Gasteiger partial charge in [-0.05, 0) is 45.0 Å². The lowest BCUT2D eigenvalue weighted by Gasteiger charge is -2.37. The fourth-order valence-corrected chi connectivity index (χ4v) is 3.97. The largest absolute Gasteiger partial charge is 0.367 e. The first-order valence-electron chi connectivity index (χ1n) is 9.72. The SMILES string of the molecule is Cc1nc2ccc(-c3cc(=O)n4cc(N5C[C@@H](C)N[C@@H](C)C5)ccc4n3)nn2n1. The zero-order chi connectivity index (χ0) is 20.1. The number of anilines is 1. The van der Waals surface area contributed by atoms with Gasteiger partial charge in [0, 0.05) is 37.4 Å². The Labute approximate surface area is 167 Å². The molecule has 1 saturated heterocycles. The fourth-order valence-electron chi connectivity index (χ4n) is 3.97. The maximum Gasteiger partial charge on any atom is 0.258 e. The molecule has 148 valence electrons. The minimum absolute atomic E-state index is 0.139. The minimum atomic E-state index is -0.139. The molecule has 0 spiro atoms. The molecule has 0 aromatic carbocycles. The number of fused-ring (bicyclic) bond motifs is 2. The van der Waals surface area contributed by atoms with Crippen molar-refractivity contribution < 1.29 is 0 Å². The summed E-state index contributed by atoms with van der Waals surface area (Å²) < 4.78 is 3.05. The Bertz CT molecular complexity index is 1270. The molecule has 5 heterocycles. The van der Waals surface area contributed by atoms with Crippen molar-refractivity contribution in [2.75, 3.05) is 18.0 Å². The van der Waals surface area contributed by atoms with E-state index in [0.29, 0.717) is 40.6 Å². The predicted octanol–water partition coefficient (Wildman–Crippen LogP) is 1.29. The third kappa shape index (κ3) is 3.23. The molecule has 1 N–H and O–H groups in total. The lowest BCUT2D eigenvalue weighted by molar-refractivity contribution is 0.407. The monoisotopic (exact) mass is 390 g/mol. The van der Waals surface area contributed by atoms with E-state index in [9.17, 15) is 4.79 Å². The molecule has 4 aromatic heterocycles. The summed E-state index contributed by atoms with van der Waals surface area (Å²) in [7, 11) is 0. The third-order valence-corrected chi connectivity index (χ3v) is 5.14. The molecule has 0 aliphatic carbocycles. The van der Waals surface area contributed by atoms with Crippen molar-refractivity contribution >= 4 is 17.0 Å². The highest BCUT2D eigenvalue weighted by atomic mass is 16.1. The van der Waals surface area contributed by atoms with Crippen molar-refractivity contribution in [3.8, 4) is 11.4 Å². The van der Waals surface area contributed by atoms with Crippen LogP contribution in [-0.4, -0.2) is 54.4 Å². The second-order valence-corrected chi connectivity index (χ2v) is 7.69. The average molecular weight is 390 g/mol. The van der Waals surface area contributed by atoms with Crippen LogP contribution in [0, 0.1) is 6.92 Å². The zero-order valence-corrected chi connectivity index (χ0v) is 16.6. The molecule has 0 unspecified atom stereocenters. The molecule has 0 amide bonds. The van der Waals surface area contributed by atoms with E-state index in [4.69, 9.17) is 0 Å². The Hall–Kier alpha value is -3.33. The van der Waals surface area contributed by atoms with E-state index in [0.717, 1.165) is 18.8 Å². The molecule has 0 bridgehead atoms. The highest BCUT2D eigenvalue weighted by Gasteiger charge is 2.21. The van der Waals surface area contributed by atoms with E-state index in [1.54, 1.807) is 10.5 Å². The maximum atomic E-state index is 12.8. The highest BCUT2D eigenvalue weighted by Crippen LogP contribution is 2.19. The summed E-state index contributed by atoms with van der Waals surface area (Å²) in [6.45, 7) is 7.95. The Kier molecular flexibility index (Phi) is 4.06. The van der Waals surface area contributed by atoms with Crippen LogP contribution in [-0.2, 0) is 0 Å². The van der Waals surface area contributed by atoms with Crippen molar-refractivity contribution in [2.24, 2.45) is 0 Å². The Morgan fingerprint density at radius 1 is 0.966 bits per heavy atom. The summed E-state index contributed by atoms with van der Waals surface area (Å²) in [6.07, 6.45) is 1.87. The molecule has 1 aliphatic heterocycles. The molecule has 9 nitrogen and oxygen atoms in total. The molecule has 1 aliphatic rings. The van der Waals surface area contributed by atoms with Crippen LogP contribution in [0.15, 0.2) is 41.3 Å². The number of hydrogen-bond acceptors (Lipinski definition) is 7. The quantitative estimate of drug-likeness (QED) is 0.551. The molecule has 0 saturated carbocycles. The van der Waals surface area contributed by atoms with Gasteiger partial charge in [-0.25, -0.2) is 9.97 Å². The fraction of sp³-hybridized carbons (Fsp3) is 0.350. The molecule has 0 radical (unpaired) electrons. The van der Waals surface area contributed by atoms with Crippen molar-refractivity contribution in [1.29, 1.82) is 0 Å². The van der Waals surface area contributed by atoms with Crippen LogP contribution in [0.25, 0.3) is 22.7 Å². The van der Waals surface area contributed by atoms with Gasteiger partial charge in [0.05, 0.1) is 11.4 Å². The number of aromatic nitrogens is 6. The maximum absolute atomic E-state index is 12.8. The normalized spacial score (nSPS) is 19.9. The molecule has 1 fully saturated rings. The van der Waals surface area contributed by atoms with E-state index in [2.05, 4.69) is 44.2 Å². The summed E-state index contributed by atoms with van der Waals surface area (Å²) in [5.41, 5.74) is 3.22. The number of nitrogens with one attached hydrogen (secondary N) is 1. The molecular weight excluding hydrogens is 368 g/mol. The molecule has 9 heteroatoms. The van der Waals surface area contributed by atoms with Crippen molar-refractivity contribution in [2.45, 2.75) is 32.9 Å². The summed E-state index contributed by atoms with van der Waals surface area (Å²) in [4.78, 5) is 24.1.